The minimum atomic E-state index is -1.70. The zero-order valence-electron chi connectivity index (χ0n) is 10.8. The van der Waals surface area contributed by atoms with Crippen LogP contribution in [0.5, 0.6) is 0 Å². The molecule has 0 amide bonds. The molecule has 0 bridgehead atoms. The molecule has 2 aromatic rings. The first kappa shape index (κ1) is 13.7. The third kappa shape index (κ3) is 1.91. The summed E-state index contributed by atoms with van der Waals surface area (Å²) in [5, 5.41) is 8.67. The van der Waals surface area contributed by atoms with Gasteiger partial charge in [0.15, 0.2) is 17.5 Å². The van der Waals surface area contributed by atoms with Crippen LogP contribution in [0.2, 0.25) is 0 Å². The minimum absolute atomic E-state index is 0.0670. The van der Waals surface area contributed by atoms with E-state index in [9.17, 15) is 27.9 Å². The van der Waals surface area contributed by atoms with Crippen LogP contribution in [0.15, 0.2) is 10.9 Å². The predicted octanol–water partition coefficient (Wildman–Crippen LogP) is 2.77. The molecule has 7 heteroatoms. The van der Waals surface area contributed by atoms with E-state index in [1.807, 2.05) is 6.92 Å². The van der Waals surface area contributed by atoms with Crippen molar-refractivity contribution in [3.05, 3.63) is 45.0 Å². The van der Waals surface area contributed by atoms with Gasteiger partial charge in [-0.1, -0.05) is 6.92 Å². The first-order valence-electron chi connectivity index (χ1n) is 6.29. The fourth-order valence-corrected chi connectivity index (χ4v) is 2.57. The normalized spacial score (nSPS) is 20.8. The molecule has 1 aromatic carbocycles. The first-order chi connectivity index (χ1) is 9.82. The van der Waals surface area contributed by atoms with Crippen LogP contribution in [0.3, 0.4) is 0 Å². The molecule has 3 rings (SSSR count). The third-order valence-corrected chi connectivity index (χ3v) is 3.86. The summed E-state index contributed by atoms with van der Waals surface area (Å²) in [5.74, 6) is -6.30. The van der Waals surface area contributed by atoms with Crippen LogP contribution in [0.1, 0.15) is 35.3 Å². The molecule has 2 unspecified atom stereocenters. The molecule has 2 N–H and O–H groups in total. The summed E-state index contributed by atoms with van der Waals surface area (Å²) in [5.41, 5.74) is -1.99. The predicted molar refractivity (Wildman–Crippen MR) is 67.9 cm³/mol. The molecule has 1 aliphatic carbocycles. The highest BCUT2D eigenvalue weighted by Gasteiger charge is 2.39. The summed E-state index contributed by atoms with van der Waals surface area (Å²) in [6.45, 7) is 1.85. The number of aromatic carboxylic acids is 1. The van der Waals surface area contributed by atoms with Gasteiger partial charge in [0.25, 0.3) is 0 Å². The number of carboxylic acids is 1. The van der Waals surface area contributed by atoms with Crippen molar-refractivity contribution >= 4 is 16.9 Å². The molecular formula is C14H10F3NO3. The lowest BCUT2D eigenvalue weighted by Gasteiger charge is -2.09. The third-order valence-electron chi connectivity index (χ3n) is 3.86. The Morgan fingerprint density at radius 2 is 1.95 bits per heavy atom. The van der Waals surface area contributed by atoms with E-state index in [1.54, 1.807) is 0 Å². The average molecular weight is 297 g/mol. The number of carbonyl (C=O) groups is 1. The highest BCUT2D eigenvalue weighted by Crippen LogP contribution is 2.47. The topological polar surface area (TPSA) is 70.2 Å². The van der Waals surface area contributed by atoms with Crippen LogP contribution in [-0.2, 0) is 0 Å². The van der Waals surface area contributed by atoms with Gasteiger partial charge in [0, 0.05) is 11.6 Å². The van der Waals surface area contributed by atoms with Crippen molar-refractivity contribution < 1.29 is 23.1 Å². The van der Waals surface area contributed by atoms with Crippen LogP contribution in [0.25, 0.3) is 10.9 Å². The van der Waals surface area contributed by atoms with Crippen LogP contribution >= 0.6 is 0 Å². The van der Waals surface area contributed by atoms with Gasteiger partial charge < -0.3 is 10.1 Å². The summed E-state index contributed by atoms with van der Waals surface area (Å²) in [4.78, 5) is 26.0. The largest absolute Gasteiger partial charge is 0.477 e. The Hall–Kier alpha value is -2.31. The molecule has 2 atom stereocenters. The summed E-state index contributed by atoms with van der Waals surface area (Å²) in [6, 6.07) is 0.513. The molecule has 1 heterocycles. The fraction of sp³-hybridized carbons (Fsp3) is 0.286. The van der Waals surface area contributed by atoms with E-state index in [-0.39, 0.29) is 17.5 Å². The SMILES string of the molecule is CC1CC1c1[nH]c2c(F)c(F)c(F)cc2c(=O)c1C(=O)O. The molecule has 110 valence electrons. The molecule has 0 aliphatic heterocycles. The van der Waals surface area contributed by atoms with E-state index in [0.717, 1.165) is 0 Å². The van der Waals surface area contributed by atoms with E-state index in [0.29, 0.717) is 12.5 Å². The second-order valence-corrected chi connectivity index (χ2v) is 5.28. The van der Waals surface area contributed by atoms with Crippen molar-refractivity contribution in [2.45, 2.75) is 19.3 Å². The number of carboxylic acid groups (broad SMARTS) is 1. The lowest BCUT2D eigenvalue weighted by atomic mass is 10.0. The molecule has 21 heavy (non-hydrogen) atoms. The van der Waals surface area contributed by atoms with Crippen LogP contribution < -0.4 is 5.43 Å². The Bertz CT molecular complexity index is 844. The molecule has 0 spiro atoms. The molecular weight excluding hydrogens is 287 g/mol. The van der Waals surface area contributed by atoms with Crippen LogP contribution in [-0.4, -0.2) is 16.1 Å². The lowest BCUT2D eigenvalue weighted by molar-refractivity contribution is 0.0694. The molecule has 0 radical (unpaired) electrons. The maximum Gasteiger partial charge on any atom is 0.341 e. The Balaban J connectivity index is 2.45. The van der Waals surface area contributed by atoms with Gasteiger partial charge in [0.1, 0.15) is 5.56 Å². The number of nitrogens with one attached hydrogen (secondary N) is 1. The second-order valence-electron chi connectivity index (χ2n) is 5.28. The Morgan fingerprint density at radius 1 is 1.33 bits per heavy atom. The number of halogens is 3. The fourth-order valence-electron chi connectivity index (χ4n) is 2.57. The Morgan fingerprint density at radius 3 is 2.48 bits per heavy atom. The zero-order valence-corrected chi connectivity index (χ0v) is 10.8. The molecule has 0 saturated heterocycles. The van der Waals surface area contributed by atoms with Crippen molar-refractivity contribution in [2.75, 3.05) is 0 Å². The number of hydrogen-bond acceptors (Lipinski definition) is 2. The van der Waals surface area contributed by atoms with Crippen LogP contribution in [0, 0.1) is 23.4 Å². The van der Waals surface area contributed by atoms with E-state index in [4.69, 9.17) is 0 Å². The van der Waals surface area contributed by atoms with Gasteiger partial charge in [-0.15, -0.1) is 0 Å². The number of fused-ring (bicyclic) bond motifs is 1. The number of aromatic nitrogens is 1. The number of hydrogen-bond donors (Lipinski definition) is 2. The Labute approximate surface area is 116 Å². The molecule has 4 nitrogen and oxygen atoms in total. The van der Waals surface area contributed by atoms with Crippen molar-refractivity contribution in [2.24, 2.45) is 5.92 Å². The van der Waals surface area contributed by atoms with E-state index >= 15 is 0 Å². The van der Waals surface area contributed by atoms with Crippen molar-refractivity contribution in [3.63, 3.8) is 0 Å². The average Bonchev–Trinajstić information content (AvgIpc) is 3.13. The monoisotopic (exact) mass is 297 g/mol. The van der Waals surface area contributed by atoms with E-state index in [1.165, 1.54) is 0 Å². The van der Waals surface area contributed by atoms with Gasteiger partial charge in [-0.05, 0) is 18.4 Å². The van der Waals surface area contributed by atoms with Gasteiger partial charge in [-0.25, -0.2) is 18.0 Å². The van der Waals surface area contributed by atoms with Gasteiger partial charge in [0.05, 0.1) is 10.9 Å². The maximum atomic E-state index is 13.8. The number of benzene rings is 1. The second kappa shape index (κ2) is 4.34. The van der Waals surface area contributed by atoms with E-state index < -0.39 is 45.3 Å². The molecule has 1 saturated carbocycles. The van der Waals surface area contributed by atoms with Crippen molar-refractivity contribution in [1.82, 2.24) is 4.98 Å². The first-order valence-corrected chi connectivity index (χ1v) is 6.29. The van der Waals surface area contributed by atoms with Gasteiger partial charge in [0.2, 0.25) is 5.43 Å². The molecule has 1 aliphatic rings. The number of rotatable bonds is 2. The Kier molecular flexibility index (Phi) is 2.82. The van der Waals surface area contributed by atoms with Gasteiger partial charge in [-0.2, -0.15) is 0 Å². The quantitative estimate of drug-likeness (QED) is 0.837. The highest BCUT2D eigenvalue weighted by atomic mass is 19.2. The standard InChI is InChI=1S/C14H10F3NO3/c1-4-2-5(4)11-8(14(20)21)13(19)6-3-7(15)9(16)10(17)12(6)18-11/h3-5H,2H2,1H3,(H,18,19)(H,20,21). The summed E-state index contributed by atoms with van der Waals surface area (Å²) >= 11 is 0. The molecule has 1 fully saturated rings. The maximum absolute atomic E-state index is 13.8. The summed E-state index contributed by atoms with van der Waals surface area (Å²) in [7, 11) is 0. The number of H-pyrrole nitrogens is 1. The number of aromatic amines is 1. The minimum Gasteiger partial charge on any atom is -0.477 e. The lowest BCUT2D eigenvalue weighted by Crippen LogP contribution is -2.20. The van der Waals surface area contributed by atoms with Gasteiger partial charge >= 0.3 is 5.97 Å². The van der Waals surface area contributed by atoms with Crippen molar-refractivity contribution in [1.29, 1.82) is 0 Å². The van der Waals surface area contributed by atoms with E-state index in [2.05, 4.69) is 4.98 Å². The zero-order chi connectivity index (χ0) is 15.5. The molecule has 1 aromatic heterocycles. The van der Waals surface area contributed by atoms with Gasteiger partial charge in [-0.3, -0.25) is 4.79 Å². The highest BCUT2D eigenvalue weighted by molar-refractivity contribution is 5.94. The summed E-state index contributed by atoms with van der Waals surface area (Å²) in [6.07, 6.45) is 0.646. The van der Waals surface area contributed by atoms with Crippen molar-refractivity contribution in [3.8, 4) is 0 Å². The van der Waals surface area contributed by atoms with Crippen LogP contribution in [0.4, 0.5) is 13.2 Å². The number of pyridine rings is 1. The summed E-state index contributed by atoms with van der Waals surface area (Å²) < 4.78 is 40.3. The smallest absolute Gasteiger partial charge is 0.341 e.